The number of nitrogens with two attached hydrogens (primary N) is 1. The zero-order chi connectivity index (χ0) is 14.1. The van der Waals surface area contributed by atoms with Gasteiger partial charge in [-0.3, -0.25) is 14.8 Å². The number of imidazole rings is 1. The van der Waals surface area contributed by atoms with Crippen LogP contribution in [0.1, 0.15) is 0 Å². The van der Waals surface area contributed by atoms with Crippen LogP contribution in [-0.2, 0) is 11.3 Å². The van der Waals surface area contributed by atoms with Crippen molar-refractivity contribution in [3.63, 3.8) is 0 Å². The van der Waals surface area contributed by atoms with Crippen molar-refractivity contribution in [3.8, 4) is 0 Å². The van der Waals surface area contributed by atoms with Crippen molar-refractivity contribution < 1.29 is 4.79 Å². The molecule has 0 aliphatic heterocycles. The van der Waals surface area contributed by atoms with Crippen molar-refractivity contribution in [1.82, 2.24) is 29.7 Å². The molecule has 0 aromatic carbocycles. The molecule has 10 heteroatoms. The van der Waals surface area contributed by atoms with Crippen molar-refractivity contribution in [2.75, 3.05) is 11.1 Å². The van der Waals surface area contributed by atoms with Gasteiger partial charge in [-0.1, -0.05) is 11.6 Å². The van der Waals surface area contributed by atoms with Crippen molar-refractivity contribution >= 4 is 40.4 Å². The van der Waals surface area contributed by atoms with E-state index in [1.807, 2.05) is 0 Å². The molecular formula is C10H9ClN8O. The first-order valence-electron chi connectivity index (χ1n) is 5.57. The van der Waals surface area contributed by atoms with Crippen LogP contribution in [0.5, 0.6) is 0 Å². The van der Waals surface area contributed by atoms with Crippen molar-refractivity contribution in [1.29, 1.82) is 0 Å². The van der Waals surface area contributed by atoms with Crippen LogP contribution < -0.4 is 11.1 Å². The summed E-state index contributed by atoms with van der Waals surface area (Å²) in [5, 5.41) is 6.61. The molecule has 0 atom stereocenters. The number of halogens is 1. The maximum atomic E-state index is 11.8. The van der Waals surface area contributed by atoms with E-state index < -0.39 is 0 Å². The summed E-state index contributed by atoms with van der Waals surface area (Å²) in [5.41, 5.74) is 6.36. The molecule has 0 radical (unpaired) electrons. The van der Waals surface area contributed by atoms with Crippen molar-refractivity contribution in [2.24, 2.45) is 0 Å². The first-order chi connectivity index (χ1) is 9.61. The second-order valence-electron chi connectivity index (χ2n) is 3.93. The third-order valence-electron chi connectivity index (χ3n) is 2.46. The number of aromatic amines is 1. The van der Waals surface area contributed by atoms with E-state index in [4.69, 9.17) is 17.3 Å². The van der Waals surface area contributed by atoms with E-state index in [2.05, 4.69) is 30.4 Å². The van der Waals surface area contributed by atoms with Crippen LogP contribution in [0.2, 0.25) is 5.15 Å². The first-order valence-corrected chi connectivity index (χ1v) is 5.95. The van der Waals surface area contributed by atoms with E-state index in [1.165, 1.54) is 11.0 Å². The lowest BCUT2D eigenvalue weighted by Gasteiger charge is -2.04. The SMILES string of the molecule is Nc1ccn(CC(=O)Nc2nc(Cl)c3[nH]cnc3n2)n1. The number of rotatable bonds is 3. The largest absolute Gasteiger partial charge is 0.382 e. The fraction of sp³-hybridized carbons (Fsp3) is 0.100. The molecule has 3 rings (SSSR count). The monoisotopic (exact) mass is 292 g/mol. The van der Waals surface area contributed by atoms with Gasteiger partial charge in [-0.25, -0.2) is 4.98 Å². The molecular weight excluding hydrogens is 284 g/mol. The maximum absolute atomic E-state index is 11.8. The lowest BCUT2D eigenvalue weighted by atomic mass is 10.5. The molecule has 102 valence electrons. The summed E-state index contributed by atoms with van der Waals surface area (Å²) in [6.07, 6.45) is 3.04. The predicted octanol–water partition coefficient (Wildman–Crippen LogP) is 0.424. The molecule has 0 spiro atoms. The zero-order valence-corrected chi connectivity index (χ0v) is 10.8. The average Bonchev–Trinajstić information content (AvgIpc) is 2.98. The predicted molar refractivity (Wildman–Crippen MR) is 72.0 cm³/mol. The highest BCUT2D eigenvalue weighted by molar-refractivity contribution is 6.33. The molecule has 0 unspecified atom stereocenters. The highest BCUT2D eigenvalue weighted by atomic mass is 35.5. The lowest BCUT2D eigenvalue weighted by molar-refractivity contribution is -0.116. The zero-order valence-electron chi connectivity index (χ0n) is 10.0. The number of hydrogen-bond acceptors (Lipinski definition) is 6. The Morgan fingerprint density at radius 3 is 3.10 bits per heavy atom. The highest BCUT2D eigenvalue weighted by Gasteiger charge is 2.11. The Labute approximate surface area is 117 Å². The number of nitrogen functional groups attached to an aromatic ring is 1. The van der Waals surface area contributed by atoms with Crippen molar-refractivity contribution in [2.45, 2.75) is 6.54 Å². The Kier molecular flexibility index (Phi) is 2.95. The molecule has 3 heterocycles. The van der Waals surface area contributed by atoms with E-state index >= 15 is 0 Å². The minimum Gasteiger partial charge on any atom is -0.382 e. The molecule has 0 bridgehead atoms. The summed E-state index contributed by atoms with van der Waals surface area (Å²) >= 11 is 5.94. The first kappa shape index (κ1) is 12.4. The third kappa shape index (κ3) is 2.38. The highest BCUT2D eigenvalue weighted by Crippen LogP contribution is 2.18. The molecule has 0 aliphatic rings. The second kappa shape index (κ2) is 4.78. The van der Waals surface area contributed by atoms with Gasteiger partial charge in [-0.15, -0.1) is 0 Å². The van der Waals surface area contributed by atoms with Gasteiger partial charge in [0.25, 0.3) is 0 Å². The standard InChI is InChI=1S/C10H9ClN8O/c11-8-7-9(14-4-13-7)17-10(16-8)15-6(20)3-19-2-1-5(12)18-19/h1-2,4H,3H2,(H2,12,18)(H2,13,14,15,16,17,20). The summed E-state index contributed by atoms with van der Waals surface area (Å²) in [7, 11) is 0. The summed E-state index contributed by atoms with van der Waals surface area (Å²) in [4.78, 5) is 26.6. The number of aromatic nitrogens is 6. The third-order valence-corrected chi connectivity index (χ3v) is 2.73. The number of carbonyl (C=O) groups is 1. The van der Waals surface area contributed by atoms with Crippen LogP contribution in [0.25, 0.3) is 11.2 Å². The van der Waals surface area contributed by atoms with Gasteiger partial charge in [0.05, 0.1) is 6.33 Å². The number of H-pyrrole nitrogens is 1. The van der Waals surface area contributed by atoms with Gasteiger partial charge in [0, 0.05) is 6.20 Å². The number of hydrogen-bond donors (Lipinski definition) is 3. The second-order valence-corrected chi connectivity index (χ2v) is 4.28. The smallest absolute Gasteiger partial charge is 0.248 e. The Balaban J connectivity index is 1.77. The van der Waals surface area contributed by atoms with Crippen LogP contribution in [0.3, 0.4) is 0 Å². The van der Waals surface area contributed by atoms with Crippen LogP contribution in [0.4, 0.5) is 11.8 Å². The molecule has 9 nitrogen and oxygen atoms in total. The number of fused-ring (bicyclic) bond motifs is 1. The van der Waals surface area contributed by atoms with Crippen LogP contribution in [-0.4, -0.2) is 35.6 Å². The van der Waals surface area contributed by atoms with Crippen molar-refractivity contribution in [3.05, 3.63) is 23.7 Å². The number of nitrogens with zero attached hydrogens (tertiary/aromatic N) is 5. The summed E-state index contributed by atoms with van der Waals surface area (Å²) in [6, 6.07) is 1.59. The molecule has 20 heavy (non-hydrogen) atoms. The maximum Gasteiger partial charge on any atom is 0.248 e. The lowest BCUT2D eigenvalue weighted by Crippen LogP contribution is -2.20. The van der Waals surface area contributed by atoms with Gasteiger partial charge in [0.1, 0.15) is 17.9 Å². The molecule has 0 fully saturated rings. The van der Waals surface area contributed by atoms with Crippen LogP contribution >= 0.6 is 11.6 Å². The molecule has 3 aromatic rings. The van der Waals surface area contributed by atoms with Gasteiger partial charge >= 0.3 is 0 Å². The van der Waals surface area contributed by atoms with E-state index in [0.29, 0.717) is 17.0 Å². The number of anilines is 2. The fourth-order valence-electron chi connectivity index (χ4n) is 1.63. The summed E-state index contributed by atoms with van der Waals surface area (Å²) in [6.45, 7) is -0.00319. The summed E-state index contributed by atoms with van der Waals surface area (Å²) in [5.74, 6) is 0.0776. The quantitative estimate of drug-likeness (QED) is 0.600. The van der Waals surface area contributed by atoms with E-state index in [9.17, 15) is 4.79 Å². The van der Waals surface area contributed by atoms with Crippen LogP contribution in [0.15, 0.2) is 18.6 Å². The summed E-state index contributed by atoms with van der Waals surface area (Å²) < 4.78 is 1.40. The van der Waals surface area contributed by atoms with Gasteiger partial charge in [0.15, 0.2) is 10.8 Å². The normalized spacial score (nSPS) is 10.8. The minimum absolute atomic E-state index is 0.00319. The fourth-order valence-corrected chi connectivity index (χ4v) is 1.85. The molecule has 0 saturated carbocycles. The van der Waals surface area contributed by atoms with Crippen LogP contribution in [0, 0.1) is 0 Å². The number of amides is 1. The molecule has 0 saturated heterocycles. The number of nitrogens with one attached hydrogen (secondary N) is 2. The Hall–Kier alpha value is -2.68. The van der Waals surface area contributed by atoms with Gasteiger partial charge < -0.3 is 10.7 Å². The topological polar surface area (TPSA) is 127 Å². The molecule has 1 amide bonds. The average molecular weight is 293 g/mol. The molecule has 0 aliphatic carbocycles. The minimum atomic E-state index is -0.348. The van der Waals surface area contributed by atoms with Gasteiger partial charge in [0.2, 0.25) is 11.9 Å². The Morgan fingerprint density at radius 1 is 1.50 bits per heavy atom. The van der Waals surface area contributed by atoms with E-state index in [0.717, 1.165) is 0 Å². The molecule has 4 N–H and O–H groups in total. The Morgan fingerprint density at radius 2 is 2.35 bits per heavy atom. The number of carbonyl (C=O) groups excluding carboxylic acids is 1. The van der Waals surface area contributed by atoms with E-state index in [1.54, 1.807) is 12.3 Å². The Bertz CT molecular complexity index is 779. The van der Waals surface area contributed by atoms with E-state index in [-0.39, 0.29) is 23.6 Å². The van der Waals surface area contributed by atoms with Gasteiger partial charge in [-0.05, 0) is 6.07 Å². The molecule has 3 aromatic heterocycles. The van der Waals surface area contributed by atoms with Gasteiger partial charge in [-0.2, -0.15) is 15.1 Å².